The molecule has 0 unspecified atom stereocenters. The average molecular weight is 302 g/mol. The number of anilines is 1. The van der Waals surface area contributed by atoms with E-state index < -0.39 is 11.7 Å². The molecule has 21 heavy (non-hydrogen) atoms. The fourth-order valence-electron chi connectivity index (χ4n) is 2.47. The molecule has 118 valence electrons. The highest BCUT2D eigenvalue weighted by Gasteiger charge is 2.30. The van der Waals surface area contributed by atoms with Crippen LogP contribution in [0.5, 0.6) is 0 Å². The highest BCUT2D eigenvalue weighted by atomic mass is 19.4. The maximum atomic E-state index is 12.5. The van der Waals surface area contributed by atoms with Crippen LogP contribution >= 0.6 is 0 Å². The first-order valence-electron chi connectivity index (χ1n) is 7.44. The van der Waals surface area contributed by atoms with Crippen molar-refractivity contribution in [1.29, 1.82) is 0 Å². The second-order valence-electron chi connectivity index (χ2n) is 5.34. The van der Waals surface area contributed by atoms with Gasteiger partial charge in [0.25, 0.3) is 0 Å². The Morgan fingerprint density at radius 2 is 2.00 bits per heavy atom. The number of ether oxygens (including phenoxy) is 1. The van der Waals surface area contributed by atoms with Crippen LogP contribution < -0.4 is 5.32 Å². The molecule has 1 heterocycles. The first-order valence-corrected chi connectivity index (χ1v) is 7.44. The van der Waals surface area contributed by atoms with Gasteiger partial charge in [-0.05, 0) is 31.4 Å². The Kier molecular flexibility index (Phi) is 5.85. The summed E-state index contributed by atoms with van der Waals surface area (Å²) in [5, 5.41) is 2.90. The van der Waals surface area contributed by atoms with E-state index in [1.807, 2.05) is 0 Å². The quantitative estimate of drug-likeness (QED) is 0.798. The lowest BCUT2D eigenvalue weighted by Crippen LogP contribution is -2.18. The summed E-state index contributed by atoms with van der Waals surface area (Å²) in [6.45, 7) is 1.19. The van der Waals surface area contributed by atoms with E-state index in [4.69, 9.17) is 4.74 Å². The Bertz CT molecular complexity index is 431. The van der Waals surface area contributed by atoms with Crippen LogP contribution in [0.25, 0.3) is 0 Å². The molecule has 1 fully saturated rings. The van der Waals surface area contributed by atoms with Gasteiger partial charge in [-0.3, -0.25) is 0 Å². The zero-order chi connectivity index (χ0) is 15.1. The predicted molar refractivity (Wildman–Crippen MR) is 75.2 cm³/mol. The molecule has 0 saturated heterocycles. The summed E-state index contributed by atoms with van der Waals surface area (Å²) < 4.78 is 43.4. The number of rotatable bonds is 6. The molecule has 0 aromatic carbocycles. The van der Waals surface area contributed by atoms with E-state index in [0.717, 1.165) is 31.4 Å². The van der Waals surface area contributed by atoms with Crippen LogP contribution in [0.4, 0.5) is 19.0 Å². The summed E-state index contributed by atoms with van der Waals surface area (Å²) >= 11 is 0. The van der Waals surface area contributed by atoms with E-state index in [1.165, 1.54) is 25.5 Å². The highest BCUT2D eigenvalue weighted by Crippen LogP contribution is 2.29. The van der Waals surface area contributed by atoms with Gasteiger partial charge in [0.05, 0.1) is 11.7 Å². The molecule has 1 N–H and O–H groups in total. The fourth-order valence-corrected chi connectivity index (χ4v) is 2.47. The molecule has 0 atom stereocenters. The Labute approximate surface area is 122 Å². The van der Waals surface area contributed by atoms with Crippen molar-refractivity contribution in [2.75, 3.05) is 18.5 Å². The topological polar surface area (TPSA) is 34.2 Å². The van der Waals surface area contributed by atoms with Gasteiger partial charge >= 0.3 is 6.18 Å². The molecule has 6 heteroatoms. The van der Waals surface area contributed by atoms with Crippen molar-refractivity contribution in [3.05, 3.63) is 23.9 Å². The second kappa shape index (κ2) is 7.64. The summed E-state index contributed by atoms with van der Waals surface area (Å²) in [5.41, 5.74) is -0.682. The zero-order valence-electron chi connectivity index (χ0n) is 12.0. The lowest BCUT2D eigenvalue weighted by Gasteiger charge is -2.21. The fraction of sp³-hybridized carbons (Fsp3) is 0.667. The maximum Gasteiger partial charge on any atom is 0.416 e. The number of nitrogens with one attached hydrogen (secondary N) is 1. The smallest absolute Gasteiger partial charge is 0.378 e. The lowest BCUT2D eigenvalue weighted by atomic mass is 9.98. The van der Waals surface area contributed by atoms with Crippen LogP contribution in [0.2, 0.25) is 0 Å². The van der Waals surface area contributed by atoms with E-state index in [9.17, 15) is 13.2 Å². The number of aromatic nitrogens is 1. The van der Waals surface area contributed by atoms with Gasteiger partial charge < -0.3 is 10.1 Å². The van der Waals surface area contributed by atoms with Crippen molar-refractivity contribution in [1.82, 2.24) is 4.98 Å². The molecule has 1 aromatic rings. The summed E-state index contributed by atoms with van der Waals surface area (Å²) in [7, 11) is 0. The third kappa shape index (κ3) is 5.53. The van der Waals surface area contributed by atoms with Crippen molar-refractivity contribution in [2.45, 2.75) is 50.8 Å². The van der Waals surface area contributed by atoms with E-state index >= 15 is 0 Å². The number of pyridine rings is 1. The molecule has 2 rings (SSSR count). The van der Waals surface area contributed by atoms with Crippen LogP contribution in [0, 0.1) is 0 Å². The summed E-state index contributed by atoms with van der Waals surface area (Å²) in [4.78, 5) is 3.89. The number of nitrogens with zero attached hydrogens (tertiary/aromatic N) is 1. The third-order valence-electron chi connectivity index (χ3n) is 3.62. The predicted octanol–water partition coefficient (Wildman–Crippen LogP) is 4.25. The van der Waals surface area contributed by atoms with Crippen LogP contribution in [-0.4, -0.2) is 24.2 Å². The molecule has 1 aliphatic carbocycles. The number of halogens is 3. The molecule has 0 spiro atoms. The molecule has 1 saturated carbocycles. The van der Waals surface area contributed by atoms with E-state index in [2.05, 4.69) is 10.3 Å². The van der Waals surface area contributed by atoms with Crippen LogP contribution in [0.15, 0.2) is 18.3 Å². The molecule has 0 bridgehead atoms. The van der Waals surface area contributed by atoms with Crippen molar-refractivity contribution in [3.8, 4) is 0 Å². The number of hydrogen-bond acceptors (Lipinski definition) is 3. The lowest BCUT2D eigenvalue weighted by molar-refractivity contribution is -0.137. The zero-order valence-corrected chi connectivity index (χ0v) is 12.0. The molecule has 0 amide bonds. The Hall–Kier alpha value is -1.30. The van der Waals surface area contributed by atoms with Crippen molar-refractivity contribution in [3.63, 3.8) is 0 Å². The van der Waals surface area contributed by atoms with E-state index in [0.29, 0.717) is 19.3 Å². The SMILES string of the molecule is FC(F)(F)c1ccnc(NCCCOC2CCCCC2)c1. The molecule has 1 aliphatic rings. The van der Waals surface area contributed by atoms with Crippen LogP contribution in [0.1, 0.15) is 44.1 Å². The molecular weight excluding hydrogens is 281 g/mol. The largest absolute Gasteiger partial charge is 0.416 e. The Balaban J connectivity index is 1.66. The number of alkyl halides is 3. The Morgan fingerprint density at radius 3 is 2.71 bits per heavy atom. The summed E-state index contributed by atoms with van der Waals surface area (Å²) in [6.07, 6.45) is 3.98. The van der Waals surface area contributed by atoms with Crippen LogP contribution in [0.3, 0.4) is 0 Å². The summed E-state index contributed by atoms with van der Waals surface area (Å²) in [6, 6.07) is 2.00. The Morgan fingerprint density at radius 1 is 1.24 bits per heavy atom. The minimum absolute atomic E-state index is 0.252. The van der Waals surface area contributed by atoms with Gasteiger partial charge in [-0.2, -0.15) is 13.2 Å². The summed E-state index contributed by atoms with van der Waals surface area (Å²) in [5.74, 6) is 0.252. The second-order valence-corrected chi connectivity index (χ2v) is 5.34. The van der Waals surface area contributed by atoms with Gasteiger partial charge in [0.15, 0.2) is 0 Å². The minimum Gasteiger partial charge on any atom is -0.378 e. The van der Waals surface area contributed by atoms with E-state index in [-0.39, 0.29) is 5.82 Å². The minimum atomic E-state index is -4.33. The van der Waals surface area contributed by atoms with Crippen LogP contribution in [-0.2, 0) is 10.9 Å². The standard InChI is InChI=1S/C15H21F3N2O/c16-15(17,18)12-7-9-20-14(11-12)19-8-4-10-21-13-5-2-1-3-6-13/h7,9,11,13H,1-6,8,10H2,(H,19,20). The van der Waals surface area contributed by atoms with Gasteiger partial charge in [-0.1, -0.05) is 19.3 Å². The normalized spacial score (nSPS) is 16.9. The molecule has 3 nitrogen and oxygen atoms in total. The third-order valence-corrected chi connectivity index (χ3v) is 3.62. The molecule has 0 radical (unpaired) electrons. The average Bonchev–Trinajstić information content (AvgIpc) is 2.47. The van der Waals surface area contributed by atoms with Crippen molar-refractivity contribution < 1.29 is 17.9 Å². The molecule has 1 aromatic heterocycles. The van der Waals surface area contributed by atoms with Gasteiger partial charge in [0.1, 0.15) is 5.82 Å². The van der Waals surface area contributed by atoms with Crippen molar-refractivity contribution in [2.24, 2.45) is 0 Å². The van der Waals surface area contributed by atoms with Gasteiger partial charge in [0, 0.05) is 19.3 Å². The van der Waals surface area contributed by atoms with E-state index in [1.54, 1.807) is 0 Å². The number of hydrogen-bond donors (Lipinski definition) is 1. The highest BCUT2D eigenvalue weighted by molar-refractivity contribution is 5.38. The maximum absolute atomic E-state index is 12.5. The van der Waals surface area contributed by atoms with Gasteiger partial charge in [-0.15, -0.1) is 0 Å². The monoisotopic (exact) mass is 302 g/mol. The first-order chi connectivity index (χ1) is 10.1. The van der Waals surface area contributed by atoms with Crippen molar-refractivity contribution >= 4 is 5.82 Å². The molecular formula is C15H21F3N2O. The first kappa shape index (κ1) is 16.1. The van der Waals surface area contributed by atoms with Gasteiger partial charge in [0.2, 0.25) is 0 Å². The molecule has 0 aliphatic heterocycles. The van der Waals surface area contributed by atoms with Gasteiger partial charge in [-0.25, -0.2) is 4.98 Å².